The minimum atomic E-state index is -0.178. The number of nitrogens with one attached hydrogen (secondary N) is 1. The first-order valence-corrected chi connectivity index (χ1v) is 9.17. The highest BCUT2D eigenvalue weighted by molar-refractivity contribution is 7.80. The average molecular weight is 371 g/mol. The van der Waals surface area contributed by atoms with Gasteiger partial charge in [-0.2, -0.15) is 0 Å². The maximum atomic E-state index is 5.62. The highest BCUT2D eigenvalue weighted by Crippen LogP contribution is 2.44. The lowest BCUT2D eigenvalue weighted by molar-refractivity contribution is 0.333. The minimum Gasteiger partial charge on any atom is -0.493 e. The molecule has 1 unspecified atom stereocenters. The van der Waals surface area contributed by atoms with Crippen LogP contribution in [0.5, 0.6) is 11.5 Å². The highest BCUT2D eigenvalue weighted by atomic mass is 32.1. The molecule has 4 nitrogen and oxygen atoms in total. The molecule has 1 N–H and O–H groups in total. The average Bonchev–Trinajstić information content (AvgIpc) is 2.67. The van der Waals surface area contributed by atoms with Crippen molar-refractivity contribution < 1.29 is 9.47 Å². The smallest absolute Gasteiger partial charge is 0.161 e. The monoisotopic (exact) mass is 370 g/mol. The number of hydrogen-bond donors (Lipinski definition) is 1. The quantitative estimate of drug-likeness (QED) is 0.790. The molecular formula is C21H26N2O2S. The summed E-state index contributed by atoms with van der Waals surface area (Å²) in [6, 6.07) is 14.7. The van der Waals surface area contributed by atoms with Crippen molar-refractivity contribution in [1.82, 2.24) is 10.2 Å². The van der Waals surface area contributed by atoms with Gasteiger partial charge in [0.25, 0.3) is 0 Å². The summed E-state index contributed by atoms with van der Waals surface area (Å²) in [6.07, 6.45) is 0.974. The maximum absolute atomic E-state index is 5.62. The molecule has 5 heteroatoms. The van der Waals surface area contributed by atoms with Gasteiger partial charge in [-0.3, -0.25) is 0 Å². The molecule has 138 valence electrons. The zero-order valence-electron chi connectivity index (χ0n) is 15.8. The van der Waals surface area contributed by atoms with E-state index < -0.39 is 0 Å². The van der Waals surface area contributed by atoms with Crippen LogP contribution in [0.25, 0.3) is 0 Å². The summed E-state index contributed by atoms with van der Waals surface area (Å²) in [5.41, 5.74) is 3.33. The second kappa shape index (κ2) is 7.64. The molecule has 0 radical (unpaired) electrons. The lowest BCUT2D eigenvalue weighted by atomic mass is 9.68. The van der Waals surface area contributed by atoms with Gasteiger partial charge in [-0.1, -0.05) is 42.5 Å². The van der Waals surface area contributed by atoms with E-state index in [1.165, 1.54) is 11.1 Å². The summed E-state index contributed by atoms with van der Waals surface area (Å²) in [4.78, 5) is 2.98. The number of hydrogen-bond acceptors (Lipinski definition) is 4. The second-order valence-electron chi connectivity index (χ2n) is 6.94. The van der Waals surface area contributed by atoms with Crippen LogP contribution in [-0.4, -0.2) is 51.3 Å². The van der Waals surface area contributed by atoms with Crippen LogP contribution in [0.3, 0.4) is 0 Å². The number of rotatable bonds is 6. The molecule has 3 rings (SSSR count). The third-order valence-electron chi connectivity index (χ3n) is 5.15. The highest BCUT2D eigenvalue weighted by Gasteiger charge is 2.40. The van der Waals surface area contributed by atoms with Crippen molar-refractivity contribution in [2.45, 2.75) is 11.8 Å². The summed E-state index contributed by atoms with van der Waals surface area (Å²) in [6.45, 7) is 1.74. The lowest BCUT2D eigenvalue weighted by Gasteiger charge is -2.41. The number of nitrogens with zero attached hydrogens (tertiary/aromatic N) is 1. The van der Waals surface area contributed by atoms with Crippen LogP contribution < -0.4 is 14.8 Å². The van der Waals surface area contributed by atoms with E-state index in [9.17, 15) is 0 Å². The molecule has 0 bridgehead atoms. The van der Waals surface area contributed by atoms with E-state index in [1.54, 1.807) is 14.2 Å². The summed E-state index contributed by atoms with van der Waals surface area (Å²) in [5, 5.41) is 3.46. The third kappa shape index (κ3) is 3.29. The van der Waals surface area contributed by atoms with Gasteiger partial charge in [0.1, 0.15) is 4.99 Å². The first kappa shape index (κ1) is 18.7. The van der Waals surface area contributed by atoms with Crippen molar-refractivity contribution in [3.8, 4) is 11.5 Å². The number of thiocarbonyl (C=S) groups is 1. The Morgan fingerprint density at radius 2 is 1.73 bits per heavy atom. The van der Waals surface area contributed by atoms with E-state index in [1.807, 2.05) is 6.07 Å². The van der Waals surface area contributed by atoms with Gasteiger partial charge in [-0.05, 0) is 50.3 Å². The van der Waals surface area contributed by atoms with Crippen molar-refractivity contribution in [3.05, 3.63) is 59.2 Å². The zero-order chi connectivity index (χ0) is 18.7. The van der Waals surface area contributed by atoms with Gasteiger partial charge < -0.3 is 19.7 Å². The van der Waals surface area contributed by atoms with Crippen LogP contribution >= 0.6 is 12.2 Å². The van der Waals surface area contributed by atoms with E-state index in [0.717, 1.165) is 35.8 Å². The van der Waals surface area contributed by atoms with Gasteiger partial charge in [0.15, 0.2) is 11.5 Å². The molecule has 0 spiro atoms. The molecule has 0 amide bonds. The third-order valence-corrected chi connectivity index (χ3v) is 5.51. The largest absolute Gasteiger partial charge is 0.493 e. The summed E-state index contributed by atoms with van der Waals surface area (Å²) in [5.74, 6) is 1.44. The molecule has 0 fully saturated rings. The van der Waals surface area contributed by atoms with Gasteiger partial charge in [0.2, 0.25) is 0 Å². The molecule has 1 atom stereocenters. The Morgan fingerprint density at radius 1 is 1.08 bits per heavy atom. The van der Waals surface area contributed by atoms with Gasteiger partial charge in [0, 0.05) is 17.5 Å². The van der Waals surface area contributed by atoms with Crippen molar-refractivity contribution in [3.63, 3.8) is 0 Å². The van der Waals surface area contributed by atoms with Gasteiger partial charge in [0.05, 0.1) is 14.2 Å². The normalized spacial score (nSPS) is 19.0. The van der Waals surface area contributed by atoms with Gasteiger partial charge in [-0.25, -0.2) is 0 Å². The second-order valence-corrected chi connectivity index (χ2v) is 7.35. The minimum absolute atomic E-state index is 0.178. The van der Waals surface area contributed by atoms with E-state index in [-0.39, 0.29) is 5.41 Å². The summed E-state index contributed by atoms with van der Waals surface area (Å²) >= 11 is 5.62. The molecule has 0 aliphatic carbocycles. The Hall–Kier alpha value is -2.11. The van der Waals surface area contributed by atoms with E-state index in [0.29, 0.717) is 5.75 Å². The lowest BCUT2D eigenvalue weighted by Crippen LogP contribution is -2.48. The first-order valence-electron chi connectivity index (χ1n) is 8.77. The predicted molar refractivity (Wildman–Crippen MR) is 110 cm³/mol. The molecule has 1 heterocycles. The van der Waals surface area contributed by atoms with Crippen LogP contribution in [-0.2, 0) is 5.41 Å². The van der Waals surface area contributed by atoms with E-state index >= 15 is 0 Å². The van der Waals surface area contributed by atoms with Crippen LogP contribution in [0.2, 0.25) is 0 Å². The van der Waals surface area contributed by atoms with E-state index in [2.05, 4.69) is 60.7 Å². The molecule has 1 aliphatic heterocycles. The fraction of sp³-hybridized carbons (Fsp3) is 0.381. The van der Waals surface area contributed by atoms with Gasteiger partial charge in [-0.15, -0.1) is 0 Å². The number of benzene rings is 2. The maximum Gasteiger partial charge on any atom is 0.161 e. The summed E-state index contributed by atoms with van der Waals surface area (Å²) in [7, 11) is 7.54. The topological polar surface area (TPSA) is 33.7 Å². The molecule has 0 saturated carbocycles. The Morgan fingerprint density at radius 3 is 2.35 bits per heavy atom. The summed E-state index contributed by atoms with van der Waals surface area (Å²) < 4.78 is 11.1. The molecule has 2 aromatic rings. The molecular weight excluding hydrogens is 344 g/mol. The Bertz CT molecular complexity index is 792. The molecule has 0 aromatic heterocycles. The van der Waals surface area contributed by atoms with Crippen molar-refractivity contribution in [2.75, 3.05) is 41.4 Å². The fourth-order valence-corrected chi connectivity index (χ4v) is 3.92. The van der Waals surface area contributed by atoms with E-state index in [4.69, 9.17) is 21.7 Å². The molecule has 2 aromatic carbocycles. The Kier molecular flexibility index (Phi) is 5.49. The molecule has 0 saturated heterocycles. The Labute approximate surface area is 161 Å². The number of ether oxygens (including phenoxy) is 2. The molecule has 26 heavy (non-hydrogen) atoms. The zero-order valence-corrected chi connectivity index (χ0v) is 16.7. The first-order chi connectivity index (χ1) is 12.5. The van der Waals surface area contributed by atoms with Crippen LogP contribution in [0, 0.1) is 0 Å². The fourth-order valence-electron chi connectivity index (χ4n) is 3.68. The van der Waals surface area contributed by atoms with Crippen LogP contribution in [0.15, 0.2) is 42.5 Å². The van der Waals surface area contributed by atoms with Gasteiger partial charge >= 0.3 is 0 Å². The number of methoxy groups -OCH3 is 2. The number of fused-ring (bicyclic) bond motifs is 1. The van der Waals surface area contributed by atoms with Crippen LogP contribution in [0.4, 0.5) is 0 Å². The van der Waals surface area contributed by atoms with Crippen molar-refractivity contribution >= 4 is 17.2 Å². The predicted octanol–water partition coefficient (Wildman–Crippen LogP) is 3.22. The SMILES string of the molecule is COc1cc2c(cc1OC)C(CCN(C)C)(c1ccccc1)CNC2=S. The molecule has 1 aliphatic rings. The Balaban J connectivity index is 2.23. The van der Waals surface area contributed by atoms with Crippen LogP contribution in [0.1, 0.15) is 23.1 Å². The van der Waals surface area contributed by atoms with Crippen molar-refractivity contribution in [2.24, 2.45) is 0 Å². The van der Waals surface area contributed by atoms with Crippen molar-refractivity contribution in [1.29, 1.82) is 0 Å². The standard InChI is InChI=1S/C21H26N2O2S/c1-23(2)11-10-21(15-8-6-5-7-9-15)14-22-20(26)16-12-18(24-3)19(25-4)13-17(16)21/h5-9,12-13H,10-11,14H2,1-4H3,(H,22,26).